The number of rotatable bonds is 2. The van der Waals surface area contributed by atoms with Crippen LogP contribution in [0.2, 0.25) is 0 Å². The molecule has 1 aromatic rings. The molecule has 0 radical (unpaired) electrons. The van der Waals surface area contributed by atoms with Gasteiger partial charge in [-0.2, -0.15) is 0 Å². The van der Waals surface area contributed by atoms with Gasteiger partial charge in [-0.15, -0.1) is 0 Å². The zero-order valence-electron chi connectivity index (χ0n) is 12.8. The lowest BCUT2D eigenvalue weighted by Gasteiger charge is -2.33. The van der Waals surface area contributed by atoms with Crippen LogP contribution in [-0.4, -0.2) is 40.8 Å². The Bertz CT molecular complexity index is 499. The highest BCUT2D eigenvalue weighted by Crippen LogP contribution is 2.20. The Morgan fingerprint density at radius 2 is 2.24 bits per heavy atom. The molecule has 6 heteroatoms. The second-order valence-corrected chi connectivity index (χ2v) is 6.24. The third-order valence-corrected chi connectivity index (χ3v) is 3.08. The van der Waals surface area contributed by atoms with Crippen molar-refractivity contribution in [2.24, 2.45) is 0 Å². The Labute approximate surface area is 125 Å². The molecule has 1 saturated heterocycles. The fourth-order valence-corrected chi connectivity index (χ4v) is 2.19. The number of aromatic nitrogens is 1. The summed E-state index contributed by atoms with van der Waals surface area (Å²) in [5, 5.41) is 0. The van der Waals surface area contributed by atoms with Crippen LogP contribution in [0, 0.1) is 0 Å². The summed E-state index contributed by atoms with van der Waals surface area (Å²) in [5.41, 5.74) is 5.83. The third kappa shape index (κ3) is 4.81. The van der Waals surface area contributed by atoms with Crippen molar-refractivity contribution in [3.8, 4) is 5.88 Å². The van der Waals surface area contributed by atoms with Gasteiger partial charge in [-0.05, 0) is 39.7 Å². The summed E-state index contributed by atoms with van der Waals surface area (Å²) >= 11 is 0. The zero-order chi connectivity index (χ0) is 15.5. The molecule has 1 amide bonds. The molecule has 6 nitrogen and oxygen atoms in total. The fraction of sp³-hybridized carbons (Fsp3) is 0.600. The Kier molecular flexibility index (Phi) is 4.55. The second kappa shape index (κ2) is 6.20. The molecule has 1 aromatic heterocycles. The summed E-state index contributed by atoms with van der Waals surface area (Å²) in [4.78, 5) is 17.9. The van der Waals surface area contributed by atoms with Crippen LogP contribution in [0.4, 0.5) is 10.5 Å². The van der Waals surface area contributed by atoms with E-state index < -0.39 is 5.60 Å². The van der Waals surface area contributed by atoms with Crippen molar-refractivity contribution >= 4 is 11.8 Å². The van der Waals surface area contributed by atoms with Crippen molar-refractivity contribution in [1.29, 1.82) is 0 Å². The van der Waals surface area contributed by atoms with Crippen molar-refractivity contribution in [2.45, 2.75) is 45.3 Å². The molecule has 0 saturated carbocycles. The lowest BCUT2D eigenvalue weighted by atomic mass is 10.1. The normalized spacial score (nSPS) is 19.2. The first kappa shape index (κ1) is 15.4. The van der Waals surface area contributed by atoms with E-state index >= 15 is 0 Å². The maximum absolute atomic E-state index is 12.1. The van der Waals surface area contributed by atoms with Gasteiger partial charge in [0.1, 0.15) is 11.7 Å². The Morgan fingerprint density at radius 3 is 2.90 bits per heavy atom. The van der Waals surface area contributed by atoms with Gasteiger partial charge in [0.05, 0.1) is 6.54 Å². The number of piperidine rings is 1. The van der Waals surface area contributed by atoms with Crippen molar-refractivity contribution < 1.29 is 14.3 Å². The third-order valence-electron chi connectivity index (χ3n) is 3.08. The van der Waals surface area contributed by atoms with Crippen molar-refractivity contribution in [3.63, 3.8) is 0 Å². The van der Waals surface area contributed by atoms with E-state index in [4.69, 9.17) is 15.2 Å². The number of nitrogen functional groups attached to an aromatic ring is 1. The van der Waals surface area contributed by atoms with E-state index in [2.05, 4.69) is 4.98 Å². The highest BCUT2D eigenvalue weighted by molar-refractivity contribution is 5.68. The SMILES string of the molecule is CC(C)(C)OC(=O)N1CCC[C@@H](Oc2cc(N)ccn2)C1. The van der Waals surface area contributed by atoms with Gasteiger partial charge in [0, 0.05) is 24.5 Å². The van der Waals surface area contributed by atoms with Gasteiger partial charge in [0.15, 0.2) is 0 Å². The van der Waals surface area contributed by atoms with E-state index in [9.17, 15) is 4.79 Å². The maximum Gasteiger partial charge on any atom is 0.410 e. The standard InChI is InChI=1S/C15H23N3O3/c1-15(2,3)21-14(19)18-8-4-5-12(10-18)20-13-9-11(16)6-7-17-13/h6-7,9,12H,4-5,8,10H2,1-3H3,(H2,16,17)/t12-/m1/s1. The van der Waals surface area contributed by atoms with E-state index in [1.54, 1.807) is 23.2 Å². The second-order valence-electron chi connectivity index (χ2n) is 6.24. The summed E-state index contributed by atoms with van der Waals surface area (Å²) in [7, 11) is 0. The average molecular weight is 293 g/mol. The van der Waals surface area contributed by atoms with Gasteiger partial charge < -0.3 is 20.1 Å². The van der Waals surface area contributed by atoms with Crippen LogP contribution in [0.3, 0.4) is 0 Å². The van der Waals surface area contributed by atoms with Crippen LogP contribution in [0.1, 0.15) is 33.6 Å². The largest absolute Gasteiger partial charge is 0.472 e. The predicted octanol–water partition coefficient (Wildman–Crippen LogP) is 2.44. The highest BCUT2D eigenvalue weighted by atomic mass is 16.6. The zero-order valence-corrected chi connectivity index (χ0v) is 12.8. The molecule has 2 heterocycles. The maximum atomic E-state index is 12.1. The number of hydrogen-bond acceptors (Lipinski definition) is 5. The number of likely N-dealkylation sites (tertiary alicyclic amines) is 1. The molecule has 0 aliphatic carbocycles. The van der Waals surface area contributed by atoms with E-state index in [0.29, 0.717) is 24.7 Å². The van der Waals surface area contributed by atoms with Crippen LogP contribution >= 0.6 is 0 Å². The lowest BCUT2D eigenvalue weighted by Crippen LogP contribution is -2.46. The van der Waals surface area contributed by atoms with Crippen molar-refractivity contribution in [1.82, 2.24) is 9.88 Å². The molecule has 0 spiro atoms. The summed E-state index contributed by atoms with van der Waals surface area (Å²) in [5.74, 6) is 0.492. The molecule has 1 aliphatic heterocycles. The van der Waals surface area contributed by atoms with Gasteiger partial charge in [-0.1, -0.05) is 0 Å². The molecule has 0 bridgehead atoms. The molecule has 0 unspecified atom stereocenters. The molecule has 21 heavy (non-hydrogen) atoms. The van der Waals surface area contributed by atoms with Crippen LogP contribution in [0.15, 0.2) is 18.3 Å². The molecular weight excluding hydrogens is 270 g/mol. The first-order valence-corrected chi connectivity index (χ1v) is 7.19. The molecule has 1 atom stereocenters. The smallest absolute Gasteiger partial charge is 0.410 e. The van der Waals surface area contributed by atoms with Crippen LogP contribution < -0.4 is 10.5 Å². The van der Waals surface area contributed by atoms with E-state index in [0.717, 1.165) is 12.8 Å². The lowest BCUT2D eigenvalue weighted by molar-refractivity contribution is 0.00723. The summed E-state index contributed by atoms with van der Waals surface area (Å²) in [6.45, 7) is 6.78. The quantitative estimate of drug-likeness (QED) is 0.906. The number of carbonyl (C=O) groups excluding carboxylic acids is 1. The molecule has 2 rings (SSSR count). The predicted molar refractivity (Wildman–Crippen MR) is 80.1 cm³/mol. The fourth-order valence-electron chi connectivity index (χ4n) is 2.19. The van der Waals surface area contributed by atoms with E-state index in [-0.39, 0.29) is 12.2 Å². The molecule has 1 aliphatic rings. The number of amides is 1. The highest BCUT2D eigenvalue weighted by Gasteiger charge is 2.28. The minimum Gasteiger partial charge on any atom is -0.472 e. The van der Waals surface area contributed by atoms with Crippen LogP contribution in [0.5, 0.6) is 5.88 Å². The van der Waals surface area contributed by atoms with Gasteiger partial charge in [0.2, 0.25) is 5.88 Å². The minimum atomic E-state index is -0.486. The number of carbonyl (C=O) groups is 1. The monoisotopic (exact) mass is 293 g/mol. The van der Waals surface area contributed by atoms with E-state index in [1.165, 1.54) is 0 Å². The Balaban J connectivity index is 1.93. The van der Waals surface area contributed by atoms with Crippen molar-refractivity contribution in [3.05, 3.63) is 18.3 Å². The topological polar surface area (TPSA) is 77.7 Å². The number of nitrogens with two attached hydrogens (primary N) is 1. The first-order valence-electron chi connectivity index (χ1n) is 7.19. The van der Waals surface area contributed by atoms with Crippen molar-refractivity contribution in [2.75, 3.05) is 18.8 Å². The molecule has 1 fully saturated rings. The summed E-state index contributed by atoms with van der Waals surface area (Å²) < 4.78 is 11.2. The summed E-state index contributed by atoms with van der Waals surface area (Å²) in [6, 6.07) is 3.40. The van der Waals surface area contributed by atoms with Gasteiger partial charge in [-0.3, -0.25) is 0 Å². The number of anilines is 1. The number of nitrogens with zero attached hydrogens (tertiary/aromatic N) is 2. The Morgan fingerprint density at radius 1 is 1.48 bits per heavy atom. The summed E-state index contributed by atoms with van der Waals surface area (Å²) in [6.07, 6.45) is 3.00. The minimum absolute atomic E-state index is 0.0828. The molecule has 0 aromatic carbocycles. The first-order chi connectivity index (χ1) is 9.83. The molecular formula is C15H23N3O3. The Hall–Kier alpha value is -1.98. The number of ether oxygens (including phenoxy) is 2. The van der Waals surface area contributed by atoms with Crippen LogP contribution in [-0.2, 0) is 4.74 Å². The number of pyridine rings is 1. The van der Waals surface area contributed by atoms with Gasteiger partial charge in [0.25, 0.3) is 0 Å². The van der Waals surface area contributed by atoms with Gasteiger partial charge >= 0.3 is 6.09 Å². The van der Waals surface area contributed by atoms with E-state index in [1.807, 2.05) is 20.8 Å². The van der Waals surface area contributed by atoms with Crippen LogP contribution in [0.25, 0.3) is 0 Å². The number of hydrogen-bond donors (Lipinski definition) is 1. The van der Waals surface area contributed by atoms with Gasteiger partial charge in [-0.25, -0.2) is 9.78 Å². The average Bonchev–Trinajstić information content (AvgIpc) is 2.37. The molecule has 2 N–H and O–H groups in total. The molecule has 116 valence electrons.